The molecule has 0 spiro atoms. The summed E-state index contributed by atoms with van der Waals surface area (Å²) < 4.78 is 1.98. The van der Waals surface area contributed by atoms with Gasteiger partial charge >= 0.3 is 0 Å². The number of aromatic nitrogens is 3. The number of hydrogen-bond acceptors (Lipinski definition) is 4. The molecule has 0 saturated heterocycles. The number of nitrogens with one attached hydrogen (secondary N) is 1. The molecule has 1 N–H and O–H groups in total. The zero-order valence-electron chi connectivity index (χ0n) is 18.2. The Hall–Kier alpha value is -2.80. The van der Waals surface area contributed by atoms with Crippen LogP contribution in [0.2, 0.25) is 10.0 Å². The third-order valence-corrected chi connectivity index (χ3v) is 6.92. The van der Waals surface area contributed by atoms with Gasteiger partial charge in [0.25, 0.3) is 5.91 Å². The molecule has 0 radical (unpaired) electrons. The maximum Gasteiger partial charge on any atom is 0.251 e. The smallest absolute Gasteiger partial charge is 0.251 e. The predicted octanol–water partition coefficient (Wildman–Crippen LogP) is 6.41. The van der Waals surface area contributed by atoms with Gasteiger partial charge < -0.3 is 5.32 Å². The van der Waals surface area contributed by atoms with E-state index in [4.69, 9.17) is 23.2 Å². The Morgan fingerprint density at radius 1 is 0.970 bits per heavy atom. The van der Waals surface area contributed by atoms with E-state index in [9.17, 15) is 4.79 Å². The summed E-state index contributed by atoms with van der Waals surface area (Å²) in [6.45, 7) is 4.36. The number of rotatable bonds is 7. The summed E-state index contributed by atoms with van der Waals surface area (Å²) in [6, 6.07) is 21.2. The van der Waals surface area contributed by atoms with Gasteiger partial charge in [0.15, 0.2) is 11.0 Å². The van der Waals surface area contributed by atoms with Crippen LogP contribution in [0.4, 0.5) is 0 Å². The number of nitrogens with zero attached hydrogens (tertiary/aromatic N) is 3. The van der Waals surface area contributed by atoms with Gasteiger partial charge in [0.2, 0.25) is 0 Å². The predicted molar refractivity (Wildman–Crippen MR) is 134 cm³/mol. The lowest BCUT2D eigenvalue weighted by molar-refractivity contribution is 0.0949. The molecule has 4 aromatic rings. The second kappa shape index (κ2) is 10.4. The average molecular weight is 497 g/mol. The molecule has 1 heterocycles. The van der Waals surface area contributed by atoms with Crippen LogP contribution in [-0.4, -0.2) is 20.7 Å². The van der Waals surface area contributed by atoms with E-state index in [1.165, 1.54) is 11.1 Å². The summed E-state index contributed by atoms with van der Waals surface area (Å²) in [4.78, 5) is 12.7. The standard InChI is InChI=1S/C25H22Cl2N4OS/c1-16-7-10-20(11-8-16)31-23(14-28-24(32)18-9-12-21(26)22(27)13-18)29-30-25(31)33-15-19-6-4-3-5-17(19)2/h3-13H,14-15H2,1-2H3,(H,28,32). The van der Waals surface area contributed by atoms with Crippen molar-refractivity contribution in [1.82, 2.24) is 20.1 Å². The largest absolute Gasteiger partial charge is 0.345 e. The molecule has 0 aliphatic rings. The molecule has 0 bridgehead atoms. The fraction of sp³-hybridized carbons (Fsp3) is 0.160. The summed E-state index contributed by atoms with van der Waals surface area (Å²) in [5.41, 5.74) is 5.02. The van der Waals surface area contributed by atoms with Crippen molar-refractivity contribution < 1.29 is 4.79 Å². The van der Waals surface area contributed by atoms with Crippen molar-refractivity contribution in [3.05, 3.63) is 105 Å². The fourth-order valence-corrected chi connectivity index (χ4v) is 4.62. The fourth-order valence-electron chi connectivity index (χ4n) is 3.27. The first kappa shape index (κ1) is 23.4. The normalized spacial score (nSPS) is 10.9. The van der Waals surface area contributed by atoms with Gasteiger partial charge in [0.05, 0.1) is 16.6 Å². The van der Waals surface area contributed by atoms with Gasteiger partial charge in [0, 0.05) is 17.0 Å². The number of hydrogen-bond donors (Lipinski definition) is 1. The van der Waals surface area contributed by atoms with Gasteiger partial charge in [-0.1, -0.05) is 76.9 Å². The lowest BCUT2D eigenvalue weighted by atomic mass is 10.1. The zero-order valence-corrected chi connectivity index (χ0v) is 20.5. The van der Waals surface area contributed by atoms with E-state index >= 15 is 0 Å². The van der Waals surface area contributed by atoms with Crippen molar-refractivity contribution >= 4 is 40.9 Å². The maximum atomic E-state index is 12.7. The Balaban J connectivity index is 1.57. The number of thioether (sulfide) groups is 1. The molecule has 0 aliphatic heterocycles. The number of halogens is 2. The minimum Gasteiger partial charge on any atom is -0.345 e. The third-order valence-electron chi connectivity index (χ3n) is 5.20. The monoisotopic (exact) mass is 496 g/mol. The highest BCUT2D eigenvalue weighted by Crippen LogP contribution is 2.27. The number of aryl methyl sites for hydroxylation is 2. The molecule has 0 unspecified atom stereocenters. The Bertz CT molecular complexity index is 1290. The molecule has 168 valence electrons. The average Bonchev–Trinajstić information content (AvgIpc) is 3.22. The molecule has 0 saturated carbocycles. The molecule has 5 nitrogen and oxygen atoms in total. The quantitative estimate of drug-likeness (QED) is 0.300. The van der Waals surface area contributed by atoms with E-state index < -0.39 is 0 Å². The van der Waals surface area contributed by atoms with E-state index in [2.05, 4.69) is 34.6 Å². The van der Waals surface area contributed by atoms with Crippen LogP contribution < -0.4 is 5.32 Å². The van der Waals surface area contributed by atoms with Crippen molar-refractivity contribution in [2.24, 2.45) is 0 Å². The van der Waals surface area contributed by atoms with Crippen LogP contribution in [-0.2, 0) is 12.3 Å². The van der Waals surface area contributed by atoms with Gasteiger partial charge in [-0.3, -0.25) is 9.36 Å². The first-order chi connectivity index (χ1) is 15.9. The van der Waals surface area contributed by atoms with Crippen LogP contribution in [0.5, 0.6) is 0 Å². The molecular weight excluding hydrogens is 475 g/mol. The van der Waals surface area contributed by atoms with Gasteiger partial charge in [-0.05, 0) is 55.3 Å². The molecule has 3 aromatic carbocycles. The summed E-state index contributed by atoms with van der Waals surface area (Å²) in [7, 11) is 0. The second-order valence-corrected chi connectivity index (χ2v) is 9.35. The Kier molecular flexibility index (Phi) is 7.38. The topological polar surface area (TPSA) is 59.8 Å². The summed E-state index contributed by atoms with van der Waals surface area (Å²) in [5, 5.41) is 13.2. The highest BCUT2D eigenvalue weighted by atomic mass is 35.5. The van der Waals surface area contributed by atoms with Crippen LogP contribution >= 0.6 is 35.0 Å². The molecule has 33 heavy (non-hydrogen) atoms. The summed E-state index contributed by atoms with van der Waals surface area (Å²) >= 11 is 13.6. The SMILES string of the molecule is Cc1ccc(-n2c(CNC(=O)c3ccc(Cl)c(Cl)c3)nnc2SCc2ccccc2C)cc1. The molecular formula is C25H22Cl2N4OS. The van der Waals surface area contributed by atoms with Crippen LogP contribution in [0.3, 0.4) is 0 Å². The molecule has 0 fully saturated rings. The minimum atomic E-state index is -0.263. The van der Waals surface area contributed by atoms with Crippen molar-refractivity contribution in [3.8, 4) is 5.69 Å². The lowest BCUT2D eigenvalue weighted by Crippen LogP contribution is -2.24. The van der Waals surface area contributed by atoms with Crippen LogP contribution in [0.15, 0.2) is 71.9 Å². The van der Waals surface area contributed by atoms with E-state index in [-0.39, 0.29) is 12.5 Å². The maximum absolute atomic E-state index is 12.7. The van der Waals surface area contributed by atoms with E-state index in [1.807, 2.05) is 47.9 Å². The van der Waals surface area contributed by atoms with Gasteiger partial charge in [-0.25, -0.2) is 0 Å². The van der Waals surface area contributed by atoms with Gasteiger partial charge in [0.1, 0.15) is 0 Å². The molecule has 0 aliphatic carbocycles. The highest BCUT2D eigenvalue weighted by molar-refractivity contribution is 7.98. The lowest BCUT2D eigenvalue weighted by Gasteiger charge is -2.12. The third kappa shape index (κ3) is 5.58. The van der Waals surface area contributed by atoms with Crippen LogP contribution in [0, 0.1) is 13.8 Å². The molecule has 8 heteroatoms. The first-order valence-electron chi connectivity index (χ1n) is 10.3. The molecule has 1 amide bonds. The number of carbonyl (C=O) groups is 1. The van der Waals surface area contributed by atoms with Crippen molar-refractivity contribution in [2.45, 2.75) is 31.3 Å². The van der Waals surface area contributed by atoms with Crippen molar-refractivity contribution in [1.29, 1.82) is 0 Å². The van der Waals surface area contributed by atoms with Crippen molar-refractivity contribution in [2.75, 3.05) is 0 Å². The summed E-state index contributed by atoms with van der Waals surface area (Å²) in [5.74, 6) is 1.15. The Morgan fingerprint density at radius 2 is 1.73 bits per heavy atom. The van der Waals surface area contributed by atoms with E-state index in [1.54, 1.807) is 30.0 Å². The number of amides is 1. The van der Waals surface area contributed by atoms with Gasteiger partial charge in [-0.2, -0.15) is 0 Å². The zero-order chi connectivity index (χ0) is 23.4. The van der Waals surface area contributed by atoms with Crippen molar-refractivity contribution in [3.63, 3.8) is 0 Å². The summed E-state index contributed by atoms with van der Waals surface area (Å²) in [6.07, 6.45) is 0. The Labute approximate surface area is 207 Å². The molecule has 1 aromatic heterocycles. The molecule has 0 atom stereocenters. The minimum absolute atomic E-state index is 0.213. The highest BCUT2D eigenvalue weighted by Gasteiger charge is 2.17. The first-order valence-corrected chi connectivity index (χ1v) is 12.1. The number of benzene rings is 3. The second-order valence-electron chi connectivity index (χ2n) is 7.60. The molecule has 4 rings (SSSR count). The number of carbonyl (C=O) groups excluding carboxylic acids is 1. The van der Waals surface area contributed by atoms with E-state index in [0.717, 1.165) is 22.2 Å². The van der Waals surface area contributed by atoms with Crippen LogP contribution in [0.1, 0.15) is 32.9 Å². The van der Waals surface area contributed by atoms with E-state index in [0.29, 0.717) is 21.4 Å². The van der Waals surface area contributed by atoms with Gasteiger partial charge in [-0.15, -0.1) is 10.2 Å². The van der Waals surface area contributed by atoms with Crippen LogP contribution in [0.25, 0.3) is 5.69 Å². The Morgan fingerprint density at radius 3 is 2.45 bits per heavy atom.